The quantitative estimate of drug-likeness (QED) is 0.822. The standard InChI is InChI=1S/C11H9ClN4O2/c12-8-6-9(16-11(17)18)15-10(14-8)13-7-4-2-1-3-5-7/h1-6H,(H,17,18)(H2,13,14,15,16)/p-1. The summed E-state index contributed by atoms with van der Waals surface area (Å²) in [5, 5.41) is 15.4. The van der Waals surface area contributed by atoms with Gasteiger partial charge in [0, 0.05) is 11.8 Å². The van der Waals surface area contributed by atoms with Crippen LogP contribution < -0.4 is 15.7 Å². The van der Waals surface area contributed by atoms with Gasteiger partial charge >= 0.3 is 0 Å². The van der Waals surface area contributed by atoms with Gasteiger partial charge in [-0.1, -0.05) is 29.8 Å². The normalized spacial score (nSPS) is 9.83. The number of nitrogens with one attached hydrogen (secondary N) is 2. The summed E-state index contributed by atoms with van der Waals surface area (Å²) in [5.41, 5.74) is 0.763. The second-order valence-electron chi connectivity index (χ2n) is 3.30. The summed E-state index contributed by atoms with van der Waals surface area (Å²) < 4.78 is 0. The molecule has 2 rings (SSSR count). The molecule has 0 bridgehead atoms. The molecule has 1 heterocycles. The van der Waals surface area contributed by atoms with Gasteiger partial charge in [0.15, 0.2) is 0 Å². The molecule has 1 amide bonds. The number of anilines is 3. The molecule has 0 atom stereocenters. The summed E-state index contributed by atoms with van der Waals surface area (Å²) in [6.07, 6.45) is -1.46. The second kappa shape index (κ2) is 5.33. The Hall–Kier alpha value is -2.34. The molecule has 0 aliphatic carbocycles. The Morgan fingerprint density at radius 1 is 1.22 bits per heavy atom. The number of rotatable bonds is 3. The largest absolute Gasteiger partial charge is 0.530 e. The van der Waals surface area contributed by atoms with Crippen molar-refractivity contribution in [3.8, 4) is 0 Å². The van der Waals surface area contributed by atoms with E-state index in [2.05, 4.69) is 15.3 Å². The van der Waals surface area contributed by atoms with E-state index in [1.165, 1.54) is 6.07 Å². The van der Waals surface area contributed by atoms with E-state index in [0.29, 0.717) is 0 Å². The molecule has 0 unspecified atom stereocenters. The Kier molecular flexibility index (Phi) is 3.59. The number of para-hydroxylation sites is 1. The lowest BCUT2D eigenvalue weighted by Crippen LogP contribution is -2.29. The van der Waals surface area contributed by atoms with Crippen LogP contribution in [0.15, 0.2) is 36.4 Å². The smallest absolute Gasteiger partial charge is 0.230 e. The third kappa shape index (κ3) is 3.33. The zero-order valence-corrected chi connectivity index (χ0v) is 9.81. The number of hydrogen-bond acceptors (Lipinski definition) is 5. The van der Waals surface area contributed by atoms with E-state index in [4.69, 9.17) is 11.6 Å². The number of amides is 1. The van der Waals surface area contributed by atoms with Crippen LogP contribution in [0.5, 0.6) is 0 Å². The number of benzene rings is 1. The molecule has 18 heavy (non-hydrogen) atoms. The van der Waals surface area contributed by atoms with Gasteiger partial charge in [-0.05, 0) is 12.1 Å². The van der Waals surface area contributed by atoms with Crippen LogP contribution >= 0.6 is 11.6 Å². The molecule has 0 saturated heterocycles. The lowest BCUT2D eigenvalue weighted by molar-refractivity contribution is -0.242. The predicted molar refractivity (Wildman–Crippen MR) is 65.8 cm³/mol. The number of halogens is 1. The van der Waals surface area contributed by atoms with E-state index in [9.17, 15) is 9.90 Å². The minimum atomic E-state index is -1.46. The Bertz CT molecular complexity index is 562. The van der Waals surface area contributed by atoms with Crippen molar-refractivity contribution in [3.63, 3.8) is 0 Å². The second-order valence-corrected chi connectivity index (χ2v) is 3.69. The highest BCUT2D eigenvalue weighted by Gasteiger charge is 2.03. The number of nitrogens with zero attached hydrogens (tertiary/aromatic N) is 2. The van der Waals surface area contributed by atoms with Crippen LogP contribution in [0.1, 0.15) is 0 Å². The van der Waals surface area contributed by atoms with E-state index in [1.54, 1.807) is 0 Å². The summed E-state index contributed by atoms with van der Waals surface area (Å²) in [5.74, 6) is 0.242. The molecule has 0 aliphatic heterocycles. The van der Waals surface area contributed by atoms with Gasteiger partial charge in [-0.2, -0.15) is 4.98 Å². The van der Waals surface area contributed by atoms with Gasteiger partial charge < -0.3 is 20.5 Å². The van der Waals surface area contributed by atoms with Crippen LogP contribution in [0, 0.1) is 0 Å². The van der Waals surface area contributed by atoms with Gasteiger partial charge in [0.25, 0.3) is 0 Å². The minimum absolute atomic E-state index is 0.0495. The molecule has 6 nitrogen and oxygen atoms in total. The molecule has 0 aliphatic rings. The number of hydrogen-bond donors (Lipinski definition) is 2. The van der Waals surface area contributed by atoms with Crippen LogP contribution in [0.2, 0.25) is 5.15 Å². The Balaban J connectivity index is 2.23. The first-order valence-corrected chi connectivity index (χ1v) is 5.36. The van der Waals surface area contributed by atoms with Gasteiger partial charge in [-0.25, -0.2) is 4.98 Å². The Morgan fingerprint density at radius 3 is 2.61 bits per heavy atom. The minimum Gasteiger partial charge on any atom is -0.530 e. The summed E-state index contributed by atoms with van der Waals surface area (Å²) in [7, 11) is 0. The predicted octanol–water partition coefficient (Wildman–Crippen LogP) is 1.63. The topological polar surface area (TPSA) is 90.0 Å². The van der Waals surface area contributed by atoms with Crippen molar-refractivity contribution >= 4 is 35.1 Å². The van der Waals surface area contributed by atoms with E-state index in [0.717, 1.165) is 5.69 Å². The average molecular weight is 264 g/mol. The first kappa shape index (κ1) is 12.1. The van der Waals surface area contributed by atoms with Crippen LogP contribution in [0.4, 0.5) is 22.2 Å². The number of carboxylic acid groups (broad SMARTS) is 1. The summed E-state index contributed by atoms with van der Waals surface area (Å²) in [6.45, 7) is 0. The third-order valence-electron chi connectivity index (χ3n) is 1.95. The van der Waals surface area contributed by atoms with E-state index >= 15 is 0 Å². The number of carbonyl (C=O) groups excluding carboxylic acids is 1. The molecule has 1 aromatic carbocycles. The van der Waals surface area contributed by atoms with Gasteiger partial charge in [0.05, 0.1) is 0 Å². The van der Waals surface area contributed by atoms with Gasteiger partial charge in [0.2, 0.25) is 5.95 Å². The first-order valence-electron chi connectivity index (χ1n) is 4.98. The Labute approximate surface area is 108 Å². The molecule has 0 saturated carbocycles. The van der Waals surface area contributed by atoms with Crippen molar-refractivity contribution in [2.75, 3.05) is 10.6 Å². The molecule has 2 aromatic rings. The van der Waals surface area contributed by atoms with Gasteiger partial charge in [-0.15, -0.1) is 0 Å². The van der Waals surface area contributed by atoms with E-state index in [-0.39, 0.29) is 16.9 Å². The van der Waals surface area contributed by atoms with E-state index < -0.39 is 6.09 Å². The van der Waals surface area contributed by atoms with E-state index in [1.807, 2.05) is 35.6 Å². The van der Waals surface area contributed by atoms with Crippen LogP contribution in [-0.4, -0.2) is 16.1 Å². The maximum absolute atomic E-state index is 10.4. The fourth-order valence-corrected chi connectivity index (χ4v) is 1.48. The number of aromatic nitrogens is 2. The third-order valence-corrected chi connectivity index (χ3v) is 2.15. The fourth-order valence-electron chi connectivity index (χ4n) is 1.29. The zero-order chi connectivity index (χ0) is 13.0. The van der Waals surface area contributed by atoms with Gasteiger partial charge in [-0.3, -0.25) is 0 Å². The zero-order valence-electron chi connectivity index (χ0n) is 9.05. The highest BCUT2D eigenvalue weighted by molar-refractivity contribution is 6.29. The SMILES string of the molecule is O=C([O-])Nc1cc(Cl)nc(Nc2ccccc2)n1. The summed E-state index contributed by atoms with van der Waals surface area (Å²) in [6, 6.07) is 10.5. The van der Waals surface area contributed by atoms with Crippen LogP contribution in [0.3, 0.4) is 0 Å². The number of carbonyl (C=O) groups is 1. The Morgan fingerprint density at radius 2 is 1.94 bits per heavy atom. The highest BCUT2D eigenvalue weighted by Crippen LogP contribution is 2.17. The molecule has 0 fully saturated rings. The summed E-state index contributed by atoms with van der Waals surface area (Å²) >= 11 is 5.76. The molecule has 2 N–H and O–H groups in total. The van der Waals surface area contributed by atoms with Crippen molar-refractivity contribution < 1.29 is 9.90 Å². The highest BCUT2D eigenvalue weighted by atomic mass is 35.5. The maximum Gasteiger partial charge on any atom is 0.230 e. The molecular weight excluding hydrogens is 256 g/mol. The van der Waals surface area contributed by atoms with Crippen molar-refractivity contribution in [1.29, 1.82) is 0 Å². The van der Waals surface area contributed by atoms with Crippen LogP contribution in [0.25, 0.3) is 0 Å². The molecule has 92 valence electrons. The first-order chi connectivity index (χ1) is 8.63. The lowest BCUT2D eigenvalue weighted by atomic mass is 10.3. The average Bonchev–Trinajstić information content (AvgIpc) is 2.28. The van der Waals surface area contributed by atoms with Crippen molar-refractivity contribution in [2.45, 2.75) is 0 Å². The van der Waals surface area contributed by atoms with Crippen LogP contribution in [-0.2, 0) is 0 Å². The maximum atomic E-state index is 10.4. The fraction of sp³-hybridized carbons (Fsp3) is 0. The molecule has 0 spiro atoms. The lowest BCUT2D eigenvalue weighted by Gasteiger charge is -2.09. The van der Waals surface area contributed by atoms with Gasteiger partial charge in [0.1, 0.15) is 17.1 Å². The molecular formula is C11H8ClN4O2-. The molecule has 1 aromatic heterocycles. The molecule has 0 radical (unpaired) electrons. The van der Waals surface area contributed by atoms with Crippen molar-refractivity contribution in [3.05, 3.63) is 41.6 Å². The molecule has 7 heteroatoms. The summed E-state index contributed by atoms with van der Waals surface area (Å²) in [4.78, 5) is 18.3. The van der Waals surface area contributed by atoms with Crippen molar-refractivity contribution in [1.82, 2.24) is 9.97 Å². The monoisotopic (exact) mass is 263 g/mol. The van der Waals surface area contributed by atoms with Crippen molar-refractivity contribution in [2.24, 2.45) is 0 Å².